The Balaban J connectivity index is 1.51. The number of ketones is 1. The summed E-state index contributed by atoms with van der Waals surface area (Å²) in [6.45, 7) is 2.14. The minimum Gasteiger partial charge on any atom is -0.324 e. The molecule has 3 fully saturated rings. The largest absolute Gasteiger partial charge is 0.324 e. The maximum Gasteiger partial charge on any atom is 0.250 e. The van der Waals surface area contributed by atoms with Gasteiger partial charge >= 0.3 is 0 Å². The first kappa shape index (κ1) is 19.8. The maximum absolute atomic E-state index is 13.9. The van der Waals surface area contributed by atoms with E-state index in [0.717, 1.165) is 22.9 Å². The molecule has 3 amide bonds. The van der Waals surface area contributed by atoms with Gasteiger partial charge in [-0.2, -0.15) is 0 Å². The van der Waals surface area contributed by atoms with E-state index >= 15 is 0 Å². The van der Waals surface area contributed by atoms with Crippen molar-refractivity contribution in [3.05, 3.63) is 58.1 Å². The van der Waals surface area contributed by atoms with Gasteiger partial charge in [-0.05, 0) is 68.8 Å². The molecule has 1 N–H and O–H groups in total. The van der Waals surface area contributed by atoms with Crippen LogP contribution in [0.15, 0.2) is 46.9 Å². The summed E-state index contributed by atoms with van der Waals surface area (Å²) in [6, 6.07) is 11.9. The van der Waals surface area contributed by atoms with Gasteiger partial charge in [-0.25, -0.2) is 4.90 Å². The molecule has 0 aromatic heterocycles. The van der Waals surface area contributed by atoms with Crippen LogP contribution in [0.3, 0.4) is 0 Å². The van der Waals surface area contributed by atoms with Crippen molar-refractivity contribution in [3.8, 4) is 0 Å². The van der Waals surface area contributed by atoms with Crippen LogP contribution in [0, 0.1) is 11.8 Å². The van der Waals surface area contributed by atoms with Gasteiger partial charge < -0.3 is 5.32 Å². The topological polar surface area (TPSA) is 86.8 Å². The van der Waals surface area contributed by atoms with E-state index in [9.17, 15) is 19.2 Å². The monoisotopic (exact) mass is 493 g/mol. The number of benzene rings is 2. The van der Waals surface area contributed by atoms with Crippen LogP contribution < -0.4 is 10.2 Å². The van der Waals surface area contributed by atoms with E-state index in [-0.39, 0.29) is 29.5 Å². The number of nitrogens with zero attached hydrogens (tertiary/aromatic N) is 2. The number of fused-ring (bicyclic) bond motifs is 7. The molecule has 4 aliphatic rings. The normalized spacial score (nSPS) is 30.6. The molecule has 4 aliphatic heterocycles. The molecule has 0 bridgehead atoms. The molecule has 2 aromatic carbocycles. The second kappa shape index (κ2) is 6.59. The highest BCUT2D eigenvalue weighted by atomic mass is 79.9. The molecule has 4 atom stereocenters. The van der Waals surface area contributed by atoms with Crippen molar-refractivity contribution in [2.75, 3.05) is 16.8 Å². The SMILES string of the molecule is CC(=O)c1ccc(N2C(=O)[C@H]3[C@@H](C2=O)[C@]2(C(=O)Nc4ccc(Br)cc42)N2CCC[C@@H]32)cc1. The van der Waals surface area contributed by atoms with Gasteiger partial charge in [0.2, 0.25) is 17.7 Å². The van der Waals surface area contributed by atoms with Crippen LogP contribution >= 0.6 is 15.9 Å². The highest BCUT2D eigenvalue weighted by Crippen LogP contribution is 2.60. The number of hydrogen-bond donors (Lipinski definition) is 1. The van der Waals surface area contributed by atoms with Crippen molar-refractivity contribution in [1.29, 1.82) is 0 Å². The fourth-order valence-electron chi connectivity index (χ4n) is 6.27. The van der Waals surface area contributed by atoms with Gasteiger partial charge in [0, 0.05) is 27.3 Å². The highest BCUT2D eigenvalue weighted by molar-refractivity contribution is 9.10. The summed E-state index contributed by atoms with van der Waals surface area (Å²) in [4.78, 5) is 56.1. The van der Waals surface area contributed by atoms with Gasteiger partial charge in [-0.3, -0.25) is 24.1 Å². The Morgan fingerprint density at radius 1 is 1.09 bits per heavy atom. The summed E-state index contributed by atoms with van der Waals surface area (Å²) in [5.74, 6) is -2.30. The number of hydrogen-bond acceptors (Lipinski definition) is 5. The smallest absolute Gasteiger partial charge is 0.250 e. The van der Waals surface area contributed by atoms with E-state index in [1.54, 1.807) is 24.3 Å². The molecule has 162 valence electrons. The Kier molecular flexibility index (Phi) is 4.08. The Bertz CT molecular complexity index is 1230. The number of carbonyl (C=O) groups excluding carboxylic acids is 4. The third-order valence-electron chi connectivity index (χ3n) is 7.49. The van der Waals surface area contributed by atoms with Crippen LogP contribution in [0.2, 0.25) is 0 Å². The minimum atomic E-state index is -1.19. The lowest BCUT2D eigenvalue weighted by Gasteiger charge is -2.36. The van der Waals surface area contributed by atoms with E-state index < -0.39 is 17.4 Å². The van der Waals surface area contributed by atoms with Crippen molar-refractivity contribution in [2.45, 2.75) is 31.3 Å². The van der Waals surface area contributed by atoms with E-state index in [1.165, 1.54) is 11.8 Å². The number of rotatable bonds is 2. The van der Waals surface area contributed by atoms with Crippen molar-refractivity contribution >= 4 is 50.8 Å². The summed E-state index contributed by atoms with van der Waals surface area (Å²) >= 11 is 3.51. The first-order chi connectivity index (χ1) is 15.4. The van der Waals surface area contributed by atoms with Crippen molar-refractivity contribution in [1.82, 2.24) is 4.90 Å². The van der Waals surface area contributed by atoms with Gasteiger partial charge in [-0.1, -0.05) is 15.9 Å². The molecule has 3 saturated heterocycles. The number of amides is 3. The lowest BCUT2D eigenvalue weighted by Crippen LogP contribution is -2.54. The number of carbonyl (C=O) groups is 4. The third kappa shape index (κ3) is 2.29. The van der Waals surface area contributed by atoms with Gasteiger partial charge in [-0.15, -0.1) is 0 Å². The molecule has 8 heteroatoms. The first-order valence-corrected chi connectivity index (χ1v) is 11.5. The molecule has 0 radical (unpaired) electrons. The number of halogens is 1. The molecule has 0 saturated carbocycles. The number of imide groups is 1. The Morgan fingerprint density at radius 3 is 2.56 bits per heavy atom. The van der Waals surface area contributed by atoms with Gasteiger partial charge in [0.1, 0.15) is 5.54 Å². The van der Waals surface area contributed by atoms with Crippen LogP contribution in [-0.2, 0) is 19.9 Å². The lowest BCUT2D eigenvalue weighted by molar-refractivity contribution is -0.135. The summed E-state index contributed by atoms with van der Waals surface area (Å²) in [7, 11) is 0. The second-order valence-electron chi connectivity index (χ2n) is 8.93. The van der Waals surface area contributed by atoms with Crippen LogP contribution in [0.1, 0.15) is 35.7 Å². The first-order valence-electron chi connectivity index (χ1n) is 10.7. The minimum absolute atomic E-state index is 0.0853. The summed E-state index contributed by atoms with van der Waals surface area (Å²) < 4.78 is 0.819. The van der Waals surface area contributed by atoms with Crippen LogP contribution in [0.4, 0.5) is 11.4 Å². The quantitative estimate of drug-likeness (QED) is 0.513. The standard InChI is InChI=1S/C24H20BrN3O4/c1-12(29)13-4-7-15(8-5-13)28-21(30)19-18-3-2-10-27(18)24(20(19)22(28)31)16-11-14(25)6-9-17(16)26-23(24)32/h4-9,11,18-20H,2-3,10H2,1H3,(H,26,32)/t18-,19+,20-,24+/m0/s1. The van der Waals surface area contributed by atoms with Gasteiger partial charge in [0.25, 0.3) is 0 Å². The fraction of sp³-hybridized carbons (Fsp3) is 0.333. The zero-order chi connectivity index (χ0) is 22.4. The lowest BCUT2D eigenvalue weighted by atomic mass is 9.75. The average molecular weight is 494 g/mol. The van der Waals surface area contributed by atoms with E-state index in [1.807, 2.05) is 18.2 Å². The zero-order valence-corrected chi connectivity index (χ0v) is 18.9. The molecular formula is C24H20BrN3O4. The van der Waals surface area contributed by atoms with Gasteiger partial charge in [0.15, 0.2) is 5.78 Å². The summed E-state index contributed by atoms with van der Waals surface area (Å²) in [6.07, 6.45) is 1.65. The molecule has 2 aromatic rings. The molecule has 1 spiro atoms. The molecule has 0 aliphatic carbocycles. The van der Waals surface area contributed by atoms with Crippen LogP contribution in [0.5, 0.6) is 0 Å². The Labute approximate surface area is 192 Å². The summed E-state index contributed by atoms with van der Waals surface area (Å²) in [5.41, 5.74) is 1.21. The van der Waals surface area contributed by atoms with Crippen LogP contribution in [0.25, 0.3) is 0 Å². The average Bonchev–Trinajstić information content (AvgIpc) is 3.47. The predicted octanol–water partition coefficient (Wildman–Crippen LogP) is 3.08. The fourth-order valence-corrected chi connectivity index (χ4v) is 6.64. The van der Waals surface area contributed by atoms with Gasteiger partial charge in [0.05, 0.1) is 17.5 Å². The van der Waals surface area contributed by atoms with Crippen molar-refractivity contribution in [2.24, 2.45) is 11.8 Å². The molecule has 4 heterocycles. The molecule has 0 unspecified atom stereocenters. The summed E-state index contributed by atoms with van der Waals surface area (Å²) in [5, 5.41) is 2.97. The van der Waals surface area contributed by atoms with E-state index in [2.05, 4.69) is 26.1 Å². The van der Waals surface area contributed by atoms with Crippen molar-refractivity contribution < 1.29 is 19.2 Å². The molecule has 6 rings (SSSR count). The van der Waals surface area contributed by atoms with Crippen molar-refractivity contribution in [3.63, 3.8) is 0 Å². The third-order valence-corrected chi connectivity index (χ3v) is 7.98. The number of Topliss-reactive ketones (excluding diaryl/α,β-unsaturated/α-hetero) is 1. The second-order valence-corrected chi connectivity index (χ2v) is 9.85. The molecule has 7 nitrogen and oxygen atoms in total. The van der Waals surface area contributed by atoms with E-state index in [4.69, 9.17) is 0 Å². The zero-order valence-electron chi connectivity index (χ0n) is 17.3. The van der Waals surface area contributed by atoms with E-state index in [0.29, 0.717) is 23.5 Å². The molecular weight excluding hydrogens is 474 g/mol. The maximum atomic E-state index is 13.9. The highest BCUT2D eigenvalue weighted by Gasteiger charge is 2.74. The molecule has 32 heavy (non-hydrogen) atoms. The van der Waals surface area contributed by atoms with Crippen LogP contribution in [-0.4, -0.2) is 41.0 Å². The Hall–Kier alpha value is -2.84. The Morgan fingerprint density at radius 2 is 1.84 bits per heavy atom. The predicted molar refractivity (Wildman–Crippen MR) is 120 cm³/mol. The number of nitrogens with one attached hydrogen (secondary N) is 1. The number of anilines is 2.